The number of nitrogens with zero attached hydrogens (tertiary/aromatic N) is 1. The number of hydrogen-bond acceptors (Lipinski definition) is 2. The second-order valence-electron chi connectivity index (χ2n) is 7.34. The highest BCUT2D eigenvalue weighted by Gasteiger charge is 2.25. The predicted octanol–water partition coefficient (Wildman–Crippen LogP) is 3.79. The smallest absolute Gasteiger partial charge is 0.234 e. The Morgan fingerprint density at radius 2 is 1.73 bits per heavy atom. The van der Waals surface area contributed by atoms with Gasteiger partial charge in [-0.2, -0.15) is 0 Å². The molecule has 0 fully saturated rings. The first kappa shape index (κ1) is 18.7. The summed E-state index contributed by atoms with van der Waals surface area (Å²) in [7, 11) is 2.01. The summed E-state index contributed by atoms with van der Waals surface area (Å²) in [6.45, 7) is 13.4. The van der Waals surface area contributed by atoms with Gasteiger partial charge in [-0.25, -0.2) is 0 Å². The first-order valence-corrected chi connectivity index (χ1v) is 8.23. The standard InChI is InChI=1S/C19H32N2O/c1-8-16-9-11-17(12-10-16)14(2)20-18(22)13-21(7)15(3)19(4,5)6/h9-12,14-15H,8,13H2,1-7H3,(H,20,22). The lowest BCUT2D eigenvalue weighted by atomic mass is 9.87. The van der Waals surface area contributed by atoms with Crippen LogP contribution in [0.15, 0.2) is 24.3 Å². The van der Waals surface area contributed by atoms with Crippen LogP contribution in [0.1, 0.15) is 58.7 Å². The SMILES string of the molecule is CCc1ccc(C(C)NC(=O)CN(C)C(C)C(C)(C)C)cc1. The highest BCUT2D eigenvalue weighted by molar-refractivity contribution is 5.78. The molecule has 2 atom stereocenters. The molecule has 22 heavy (non-hydrogen) atoms. The Bertz CT molecular complexity index is 473. The van der Waals surface area contributed by atoms with Crippen LogP contribution in [0.5, 0.6) is 0 Å². The molecule has 1 rings (SSSR count). The highest BCUT2D eigenvalue weighted by Crippen LogP contribution is 2.22. The van der Waals surface area contributed by atoms with Gasteiger partial charge in [0.05, 0.1) is 12.6 Å². The number of carbonyl (C=O) groups excluding carboxylic acids is 1. The number of nitrogens with one attached hydrogen (secondary N) is 1. The molecule has 0 heterocycles. The zero-order chi connectivity index (χ0) is 16.9. The van der Waals surface area contributed by atoms with Gasteiger partial charge in [-0.15, -0.1) is 0 Å². The largest absolute Gasteiger partial charge is 0.348 e. The van der Waals surface area contributed by atoms with Crippen LogP contribution < -0.4 is 5.32 Å². The van der Waals surface area contributed by atoms with Crippen molar-refractivity contribution in [1.82, 2.24) is 10.2 Å². The molecule has 0 bridgehead atoms. The number of carbonyl (C=O) groups is 1. The normalized spacial score (nSPS) is 14.7. The predicted molar refractivity (Wildman–Crippen MR) is 93.9 cm³/mol. The summed E-state index contributed by atoms with van der Waals surface area (Å²) < 4.78 is 0. The molecule has 124 valence electrons. The van der Waals surface area contributed by atoms with Crippen LogP contribution >= 0.6 is 0 Å². The van der Waals surface area contributed by atoms with Crippen LogP contribution in [0.4, 0.5) is 0 Å². The third-order valence-electron chi connectivity index (χ3n) is 4.57. The van der Waals surface area contributed by atoms with Gasteiger partial charge in [-0.05, 0) is 43.9 Å². The van der Waals surface area contributed by atoms with Gasteiger partial charge in [0.15, 0.2) is 0 Å². The molecule has 1 amide bonds. The van der Waals surface area contributed by atoms with Gasteiger partial charge in [-0.1, -0.05) is 52.0 Å². The summed E-state index contributed by atoms with van der Waals surface area (Å²) in [4.78, 5) is 14.4. The van der Waals surface area contributed by atoms with Crippen molar-refractivity contribution in [1.29, 1.82) is 0 Å². The molecule has 0 radical (unpaired) electrons. The molecule has 0 aromatic heterocycles. The summed E-state index contributed by atoms with van der Waals surface area (Å²) in [5.41, 5.74) is 2.63. The van der Waals surface area contributed by atoms with E-state index >= 15 is 0 Å². The van der Waals surface area contributed by atoms with E-state index in [9.17, 15) is 4.79 Å². The maximum absolute atomic E-state index is 12.2. The lowest BCUT2D eigenvalue weighted by molar-refractivity contribution is -0.123. The van der Waals surface area contributed by atoms with Crippen LogP contribution in [-0.4, -0.2) is 30.4 Å². The fourth-order valence-electron chi connectivity index (χ4n) is 2.44. The Morgan fingerprint density at radius 1 is 1.18 bits per heavy atom. The summed E-state index contributed by atoms with van der Waals surface area (Å²) in [5, 5.41) is 3.09. The van der Waals surface area contributed by atoms with E-state index < -0.39 is 0 Å². The molecular weight excluding hydrogens is 272 g/mol. The molecular formula is C19H32N2O. The molecule has 0 spiro atoms. The Hall–Kier alpha value is -1.35. The van der Waals surface area contributed by atoms with Crippen molar-refractivity contribution >= 4 is 5.91 Å². The van der Waals surface area contributed by atoms with Crippen LogP contribution in [0, 0.1) is 5.41 Å². The van der Waals surface area contributed by atoms with Crippen molar-refractivity contribution in [2.45, 2.75) is 60.0 Å². The quantitative estimate of drug-likeness (QED) is 0.867. The average molecular weight is 304 g/mol. The number of benzene rings is 1. The Balaban J connectivity index is 2.56. The number of hydrogen-bond donors (Lipinski definition) is 1. The van der Waals surface area contributed by atoms with Crippen molar-refractivity contribution in [3.05, 3.63) is 35.4 Å². The summed E-state index contributed by atoms with van der Waals surface area (Å²) in [6.07, 6.45) is 1.04. The van der Waals surface area contributed by atoms with Crippen LogP contribution in [-0.2, 0) is 11.2 Å². The van der Waals surface area contributed by atoms with E-state index in [0.717, 1.165) is 12.0 Å². The van der Waals surface area contributed by atoms with Crippen molar-refractivity contribution in [3.8, 4) is 0 Å². The number of amides is 1. The lowest BCUT2D eigenvalue weighted by Crippen LogP contribution is -2.45. The van der Waals surface area contributed by atoms with Gasteiger partial charge < -0.3 is 5.32 Å². The van der Waals surface area contributed by atoms with Gasteiger partial charge >= 0.3 is 0 Å². The molecule has 2 unspecified atom stereocenters. The van der Waals surface area contributed by atoms with Crippen molar-refractivity contribution in [2.75, 3.05) is 13.6 Å². The van der Waals surface area contributed by atoms with Gasteiger partial charge in [-0.3, -0.25) is 9.69 Å². The van der Waals surface area contributed by atoms with Crippen LogP contribution in [0.2, 0.25) is 0 Å². The van der Waals surface area contributed by atoms with Gasteiger partial charge in [0.2, 0.25) is 5.91 Å². The van der Waals surface area contributed by atoms with Crippen LogP contribution in [0.3, 0.4) is 0 Å². The van der Waals surface area contributed by atoms with E-state index in [2.05, 4.69) is 69.1 Å². The van der Waals surface area contributed by atoms with Gasteiger partial charge in [0, 0.05) is 6.04 Å². The van der Waals surface area contributed by atoms with E-state index in [0.29, 0.717) is 12.6 Å². The number of aryl methyl sites for hydroxylation is 1. The number of rotatable bonds is 6. The molecule has 1 aromatic rings. The molecule has 0 aliphatic rings. The van der Waals surface area contributed by atoms with E-state index in [1.807, 2.05) is 14.0 Å². The monoisotopic (exact) mass is 304 g/mol. The minimum atomic E-state index is 0.0387. The minimum Gasteiger partial charge on any atom is -0.348 e. The summed E-state index contributed by atoms with van der Waals surface area (Å²) in [5.74, 6) is 0.0747. The molecule has 0 aliphatic carbocycles. The maximum atomic E-state index is 12.2. The second-order valence-corrected chi connectivity index (χ2v) is 7.34. The van der Waals surface area contributed by atoms with E-state index in [1.165, 1.54) is 5.56 Å². The van der Waals surface area contributed by atoms with Crippen LogP contribution in [0.25, 0.3) is 0 Å². The third kappa shape index (κ3) is 5.45. The van der Waals surface area contributed by atoms with Crippen molar-refractivity contribution in [2.24, 2.45) is 5.41 Å². The molecule has 0 saturated heterocycles. The molecule has 3 nitrogen and oxygen atoms in total. The van der Waals surface area contributed by atoms with E-state index in [1.54, 1.807) is 0 Å². The molecule has 1 aromatic carbocycles. The Labute approximate surface area is 136 Å². The van der Waals surface area contributed by atoms with Crippen molar-refractivity contribution in [3.63, 3.8) is 0 Å². The van der Waals surface area contributed by atoms with E-state index in [4.69, 9.17) is 0 Å². The van der Waals surface area contributed by atoms with E-state index in [-0.39, 0.29) is 17.4 Å². The number of likely N-dealkylation sites (N-methyl/N-ethyl adjacent to an activating group) is 1. The summed E-state index contributed by atoms with van der Waals surface area (Å²) in [6, 6.07) is 8.85. The molecule has 3 heteroatoms. The molecule has 0 saturated carbocycles. The lowest BCUT2D eigenvalue weighted by Gasteiger charge is -2.35. The zero-order valence-corrected chi connectivity index (χ0v) is 15.2. The van der Waals surface area contributed by atoms with Gasteiger partial charge in [0.25, 0.3) is 0 Å². The zero-order valence-electron chi connectivity index (χ0n) is 15.2. The molecule has 1 N–H and O–H groups in total. The summed E-state index contributed by atoms with van der Waals surface area (Å²) >= 11 is 0. The highest BCUT2D eigenvalue weighted by atomic mass is 16.2. The third-order valence-corrected chi connectivity index (χ3v) is 4.57. The first-order valence-electron chi connectivity index (χ1n) is 8.23. The average Bonchev–Trinajstić information content (AvgIpc) is 2.45. The first-order chi connectivity index (χ1) is 10.1. The maximum Gasteiger partial charge on any atom is 0.234 e. The Morgan fingerprint density at radius 3 is 2.18 bits per heavy atom. The van der Waals surface area contributed by atoms with Gasteiger partial charge in [0.1, 0.15) is 0 Å². The second kappa shape index (κ2) is 7.77. The fraction of sp³-hybridized carbons (Fsp3) is 0.632. The Kier molecular flexibility index (Phi) is 6.61. The van der Waals surface area contributed by atoms with Crippen molar-refractivity contribution < 1.29 is 4.79 Å². The molecule has 0 aliphatic heterocycles. The topological polar surface area (TPSA) is 32.3 Å². The minimum absolute atomic E-state index is 0.0387. The fourth-order valence-corrected chi connectivity index (χ4v) is 2.44.